The standard InChI is InChI=1S/C16H16BrN3O3S/c1-22-13-8-11(7-12(17)16(13)23-2)9-19-20-14(21)10-24-15-5-3-4-6-18-15/h3-9H,10H2,1-2H3,(H,20,21)/b19-9+. The summed E-state index contributed by atoms with van der Waals surface area (Å²) in [6.07, 6.45) is 3.23. The first-order valence-corrected chi connectivity index (χ1v) is 8.69. The molecule has 2 rings (SSSR count). The maximum atomic E-state index is 11.8. The number of aromatic nitrogens is 1. The molecule has 0 radical (unpaired) electrons. The smallest absolute Gasteiger partial charge is 0.250 e. The summed E-state index contributed by atoms with van der Waals surface area (Å²) < 4.78 is 11.2. The van der Waals surface area contributed by atoms with E-state index in [0.717, 1.165) is 15.1 Å². The van der Waals surface area contributed by atoms with Crippen molar-refractivity contribution in [3.8, 4) is 11.5 Å². The van der Waals surface area contributed by atoms with Gasteiger partial charge >= 0.3 is 0 Å². The molecule has 24 heavy (non-hydrogen) atoms. The quantitative estimate of drug-likeness (QED) is 0.432. The number of pyridine rings is 1. The summed E-state index contributed by atoms with van der Waals surface area (Å²) in [4.78, 5) is 15.9. The zero-order valence-electron chi connectivity index (χ0n) is 13.2. The summed E-state index contributed by atoms with van der Waals surface area (Å²) in [6.45, 7) is 0. The summed E-state index contributed by atoms with van der Waals surface area (Å²) in [5.41, 5.74) is 3.24. The molecule has 0 spiro atoms. The molecule has 1 amide bonds. The second kappa shape index (κ2) is 9.29. The molecule has 8 heteroatoms. The van der Waals surface area contributed by atoms with Crippen molar-refractivity contribution < 1.29 is 14.3 Å². The van der Waals surface area contributed by atoms with Crippen LogP contribution < -0.4 is 14.9 Å². The number of rotatable bonds is 7. The molecule has 0 aliphatic carbocycles. The Balaban J connectivity index is 1.91. The highest BCUT2D eigenvalue weighted by Gasteiger charge is 2.09. The number of ether oxygens (including phenoxy) is 2. The number of hydrazone groups is 1. The van der Waals surface area contributed by atoms with E-state index in [4.69, 9.17) is 9.47 Å². The van der Waals surface area contributed by atoms with Crippen LogP contribution in [0.3, 0.4) is 0 Å². The summed E-state index contributed by atoms with van der Waals surface area (Å²) in [6, 6.07) is 9.14. The Hall–Kier alpha value is -2.06. The number of thioether (sulfide) groups is 1. The predicted octanol–water partition coefficient (Wildman–Crippen LogP) is 3.10. The molecule has 0 aliphatic heterocycles. The molecule has 1 aromatic carbocycles. The van der Waals surface area contributed by atoms with Gasteiger partial charge in [0.2, 0.25) is 5.91 Å². The van der Waals surface area contributed by atoms with Crippen molar-refractivity contribution in [1.29, 1.82) is 0 Å². The minimum Gasteiger partial charge on any atom is -0.493 e. The third-order valence-corrected chi connectivity index (χ3v) is 4.38. The number of methoxy groups -OCH3 is 2. The second-order valence-corrected chi connectivity index (χ2v) is 6.34. The summed E-state index contributed by atoms with van der Waals surface area (Å²) >= 11 is 4.75. The fourth-order valence-electron chi connectivity index (χ4n) is 1.80. The molecule has 1 N–H and O–H groups in total. The van der Waals surface area contributed by atoms with Crippen molar-refractivity contribution in [2.45, 2.75) is 5.03 Å². The molecule has 0 bridgehead atoms. The van der Waals surface area contributed by atoms with Crippen molar-refractivity contribution in [1.82, 2.24) is 10.4 Å². The summed E-state index contributed by atoms with van der Waals surface area (Å²) in [5.74, 6) is 1.21. The Labute approximate surface area is 152 Å². The number of carbonyl (C=O) groups excluding carboxylic acids is 1. The molecule has 6 nitrogen and oxygen atoms in total. The molecular formula is C16H16BrN3O3S. The predicted molar refractivity (Wildman–Crippen MR) is 97.9 cm³/mol. The summed E-state index contributed by atoms with van der Waals surface area (Å²) in [5, 5.41) is 4.74. The highest BCUT2D eigenvalue weighted by atomic mass is 79.9. The number of amides is 1. The number of benzene rings is 1. The van der Waals surface area contributed by atoms with Gasteiger partial charge < -0.3 is 9.47 Å². The van der Waals surface area contributed by atoms with Gasteiger partial charge in [-0.2, -0.15) is 5.10 Å². The van der Waals surface area contributed by atoms with Crippen molar-refractivity contribution >= 4 is 39.8 Å². The summed E-state index contributed by atoms with van der Waals surface area (Å²) in [7, 11) is 3.12. The van der Waals surface area contributed by atoms with Crippen LogP contribution in [0.25, 0.3) is 0 Å². The van der Waals surface area contributed by atoms with Crippen LogP contribution in [0, 0.1) is 0 Å². The lowest BCUT2D eigenvalue weighted by atomic mass is 10.2. The van der Waals surface area contributed by atoms with E-state index in [9.17, 15) is 4.79 Å². The van der Waals surface area contributed by atoms with E-state index < -0.39 is 0 Å². The Morgan fingerprint density at radius 3 is 2.88 bits per heavy atom. The maximum Gasteiger partial charge on any atom is 0.250 e. The number of nitrogens with zero attached hydrogens (tertiary/aromatic N) is 2. The van der Waals surface area contributed by atoms with Gasteiger partial charge in [0.1, 0.15) is 0 Å². The van der Waals surface area contributed by atoms with E-state index in [0.29, 0.717) is 11.5 Å². The molecule has 0 aliphatic rings. The number of carbonyl (C=O) groups is 1. The van der Waals surface area contributed by atoms with Crippen molar-refractivity contribution in [3.05, 3.63) is 46.6 Å². The first kappa shape index (κ1) is 18.3. The zero-order valence-corrected chi connectivity index (χ0v) is 15.6. The largest absolute Gasteiger partial charge is 0.493 e. The molecule has 0 saturated carbocycles. The third-order valence-electron chi connectivity index (χ3n) is 2.85. The lowest BCUT2D eigenvalue weighted by Gasteiger charge is -2.10. The monoisotopic (exact) mass is 409 g/mol. The van der Waals surface area contributed by atoms with Crippen LogP contribution in [0.2, 0.25) is 0 Å². The second-order valence-electron chi connectivity index (χ2n) is 4.49. The SMILES string of the molecule is COc1cc(/C=N/NC(=O)CSc2ccccn2)cc(Br)c1OC. The van der Waals surface area contributed by atoms with Gasteiger partial charge in [-0.3, -0.25) is 4.79 Å². The van der Waals surface area contributed by atoms with Crippen LogP contribution in [0.5, 0.6) is 11.5 Å². The minimum absolute atomic E-state index is 0.207. The molecule has 0 fully saturated rings. The van der Waals surface area contributed by atoms with Crippen LogP contribution in [0.4, 0.5) is 0 Å². The van der Waals surface area contributed by atoms with Crippen LogP contribution in [0.15, 0.2) is 51.1 Å². The Bertz CT molecular complexity index is 726. The van der Waals surface area contributed by atoms with Gasteiger partial charge in [0.05, 0.1) is 35.7 Å². The lowest BCUT2D eigenvalue weighted by Crippen LogP contribution is -2.19. The number of hydrogen-bond acceptors (Lipinski definition) is 6. The van der Waals surface area contributed by atoms with E-state index in [-0.39, 0.29) is 11.7 Å². The molecular weight excluding hydrogens is 394 g/mol. The fourth-order valence-corrected chi connectivity index (χ4v) is 3.07. The van der Waals surface area contributed by atoms with Gasteiger partial charge in [0, 0.05) is 6.20 Å². The minimum atomic E-state index is -0.207. The number of hydrogen-bond donors (Lipinski definition) is 1. The molecule has 2 aromatic rings. The van der Waals surface area contributed by atoms with Crippen molar-refractivity contribution in [3.63, 3.8) is 0 Å². The lowest BCUT2D eigenvalue weighted by molar-refractivity contribution is -0.118. The van der Waals surface area contributed by atoms with E-state index in [1.54, 1.807) is 26.5 Å². The van der Waals surface area contributed by atoms with Gasteiger partial charge in [-0.25, -0.2) is 10.4 Å². The first-order chi connectivity index (χ1) is 11.6. The average Bonchev–Trinajstić information content (AvgIpc) is 2.60. The highest BCUT2D eigenvalue weighted by Crippen LogP contribution is 2.35. The van der Waals surface area contributed by atoms with Crippen LogP contribution in [0.1, 0.15) is 5.56 Å². The highest BCUT2D eigenvalue weighted by molar-refractivity contribution is 9.10. The van der Waals surface area contributed by atoms with E-state index in [1.165, 1.54) is 18.0 Å². The number of halogens is 1. The number of nitrogens with one attached hydrogen (secondary N) is 1. The molecule has 0 saturated heterocycles. The van der Waals surface area contributed by atoms with Gasteiger partial charge in [-0.1, -0.05) is 17.8 Å². The molecule has 0 atom stereocenters. The normalized spacial score (nSPS) is 10.6. The van der Waals surface area contributed by atoms with Crippen molar-refractivity contribution in [2.24, 2.45) is 5.10 Å². The third kappa shape index (κ3) is 5.24. The first-order valence-electron chi connectivity index (χ1n) is 6.91. The van der Waals surface area contributed by atoms with Gasteiger partial charge in [0.15, 0.2) is 11.5 Å². The molecule has 1 aromatic heterocycles. The van der Waals surface area contributed by atoms with Gasteiger partial charge in [0.25, 0.3) is 0 Å². The Morgan fingerprint density at radius 1 is 1.38 bits per heavy atom. The molecule has 1 heterocycles. The van der Waals surface area contributed by atoms with Crippen LogP contribution in [-0.2, 0) is 4.79 Å². The zero-order chi connectivity index (χ0) is 17.4. The van der Waals surface area contributed by atoms with Crippen molar-refractivity contribution in [2.75, 3.05) is 20.0 Å². The van der Waals surface area contributed by atoms with Crippen LogP contribution in [-0.4, -0.2) is 37.1 Å². The molecule has 126 valence electrons. The van der Waals surface area contributed by atoms with E-state index in [1.807, 2.05) is 24.3 Å². The molecule has 0 unspecified atom stereocenters. The fraction of sp³-hybridized carbons (Fsp3) is 0.188. The van der Waals surface area contributed by atoms with Crippen LogP contribution >= 0.6 is 27.7 Å². The Kier molecular flexibility index (Phi) is 7.07. The topological polar surface area (TPSA) is 72.8 Å². The van der Waals surface area contributed by atoms with Gasteiger partial charge in [-0.05, 0) is 45.8 Å². The average molecular weight is 410 g/mol. The maximum absolute atomic E-state index is 11.8. The van der Waals surface area contributed by atoms with E-state index in [2.05, 4.69) is 31.4 Å². The van der Waals surface area contributed by atoms with Gasteiger partial charge in [-0.15, -0.1) is 0 Å². The Morgan fingerprint density at radius 2 is 2.21 bits per heavy atom. The van der Waals surface area contributed by atoms with E-state index >= 15 is 0 Å².